The molecule has 2 fully saturated rings. The van der Waals surface area contributed by atoms with Crippen molar-refractivity contribution < 1.29 is 14.6 Å². The summed E-state index contributed by atoms with van der Waals surface area (Å²) in [5.41, 5.74) is 3.40. The molecule has 3 aliphatic rings. The van der Waals surface area contributed by atoms with Crippen LogP contribution in [0.1, 0.15) is 75.0 Å². The van der Waals surface area contributed by atoms with Crippen LogP contribution in [0.2, 0.25) is 5.02 Å². The smallest absolute Gasteiger partial charge is 0.139 e. The maximum atomic E-state index is 13.1. The van der Waals surface area contributed by atoms with Gasteiger partial charge in [-0.15, -0.1) is 12.4 Å². The Hall–Kier alpha value is -1.75. The quantitative estimate of drug-likeness (QED) is 0.417. The highest BCUT2D eigenvalue weighted by Crippen LogP contribution is 2.64. The third kappa shape index (κ3) is 4.66. The van der Waals surface area contributed by atoms with Crippen LogP contribution in [-0.4, -0.2) is 42.0 Å². The van der Waals surface area contributed by atoms with Gasteiger partial charge in [-0.3, -0.25) is 4.79 Å². The number of hydrogen-bond donors (Lipinski definition) is 1. The predicted octanol–water partition coefficient (Wildman–Crippen LogP) is 7.01. The maximum absolute atomic E-state index is 13.1. The molecule has 0 amide bonds. The molecular weight excluding hydrogens is 493 g/mol. The number of benzene rings is 2. The molecular formula is C30H39Cl2NO3. The maximum Gasteiger partial charge on any atom is 0.139 e. The number of ether oxygens (including phenoxy) is 1. The van der Waals surface area contributed by atoms with E-state index in [1.54, 1.807) is 6.07 Å². The van der Waals surface area contributed by atoms with Crippen LogP contribution in [0.25, 0.3) is 0 Å². The lowest BCUT2D eigenvalue weighted by atomic mass is 9.51. The summed E-state index contributed by atoms with van der Waals surface area (Å²) < 4.78 is 6.04. The van der Waals surface area contributed by atoms with Crippen LogP contribution in [0.15, 0.2) is 36.4 Å². The lowest BCUT2D eigenvalue weighted by molar-refractivity contribution is -0.130. The largest absolute Gasteiger partial charge is 0.506 e. The van der Waals surface area contributed by atoms with Gasteiger partial charge in [0.1, 0.15) is 23.9 Å². The molecule has 0 saturated heterocycles. The van der Waals surface area contributed by atoms with Crippen LogP contribution in [0.4, 0.5) is 0 Å². The number of phenols is 1. The third-order valence-electron chi connectivity index (χ3n) is 9.42. The molecule has 2 aromatic carbocycles. The number of phenolic OH excluding ortho intramolecular Hbond substituents is 1. The van der Waals surface area contributed by atoms with E-state index in [4.69, 9.17) is 16.3 Å². The van der Waals surface area contributed by atoms with E-state index in [0.717, 1.165) is 56.6 Å². The first-order chi connectivity index (χ1) is 16.9. The topological polar surface area (TPSA) is 49.8 Å². The van der Waals surface area contributed by atoms with Crippen molar-refractivity contribution in [2.45, 2.75) is 64.7 Å². The van der Waals surface area contributed by atoms with E-state index in [9.17, 15) is 9.90 Å². The van der Waals surface area contributed by atoms with Gasteiger partial charge in [-0.25, -0.2) is 0 Å². The fraction of sp³-hybridized carbons (Fsp3) is 0.567. The van der Waals surface area contributed by atoms with Crippen molar-refractivity contribution in [1.29, 1.82) is 0 Å². The molecule has 1 N–H and O–H groups in total. The second-order valence-corrected chi connectivity index (χ2v) is 11.3. The molecule has 0 bridgehead atoms. The Morgan fingerprint density at radius 1 is 1.08 bits per heavy atom. The first-order valence-corrected chi connectivity index (χ1v) is 13.7. The normalized spacial score (nSPS) is 28.8. The molecule has 4 nitrogen and oxygen atoms in total. The fourth-order valence-electron chi connectivity index (χ4n) is 7.48. The summed E-state index contributed by atoms with van der Waals surface area (Å²) >= 11 is 6.59. The zero-order valence-electron chi connectivity index (χ0n) is 21.6. The lowest BCUT2D eigenvalue weighted by Crippen LogP contribution is -2.46. The first-order valence-electron chi connectivity index (χ1n) is 13.4. The van der Waals surface area contributed by atoms with E-state index < -0.39 is 0 Å². The van der Waals surface area contributed by atoms with Crippen LogP contribution >= 0.6 is 24.0 Å². The Labute approximate surface area is 226 Å². The molecule has 5 rings (SSSR count). The van der Waals surface area contributed by atoms with Gasteiger partial charge in [0.05, 0.1) is 5.02 Å². The highest BCUT2D eigenvalue weighted by molar-refractivity contribution is 6.32. The zero-order chi connectivity index (χ0) is 24.7. The highest BCUT2D eigenvalue weighted by atomic mass is 35.5. The number of nitrogens with zero attached hydrogens (tertiary/aromatic N) is 1. The minimum Gasteiger partial charge on any atom is -0.506 e. The highest BCUT2D eigenvalue weighted by Gasteiger charge is 2.58. The average Bonchev–Trinajstić information content (AvgIpc) is 3.18. The first kappa shape index (κ1) is 27.3. The number of rotatable bonds is 7. The number of ketones is 1. The van der Waals surface area contributed by atoms with Gasteiger partial charge >= 0.3 is 0 Å². The molecule has 0 aromatic heterocycles. The summed E-state index contributed by atoms with van der Waals surface area (Å²) in [5.74, 6) is 2.96. The zero-order valence-corrected chi connectivity index (χ0v) is 23.2. The van der Waals surface area contributed by atoms with Gasteiger partial charge in [0.25, 0.3) is 0 Å². The summed E-state index contributed by atoms with van der Waals surface area (Å²) in [5, 5.41) is 10.8. The van der Waals surface area contributed by atoms with Crippen molar-refractivity contribution in [2.75, 3.05) is 26.2 Å². The van der Waals surface area contributed by atoms with Gasteiger partial charge in [0.2, 0.25) is 0 Å². The summed E-state index contributed by atoms with van der Waals surface area (Å²) in [6, 6.07) is 12.4. The molecule has 0 aliphatic heterocycles. The van der Waals surface area contributed by atoms with Crippen LogP contribution in [0, 0.1) is 17.3 Å². The molecule has 3 aliphatic carbocycles. The van der Waals surface area contributed by atoms with Gasteiger partial charge in [0.15, 0.2) is 0 Å². The van der Waals surface area contributed by atoms with Gasteiger partial charge < -0.3 is 14.7 Å². The Morgan fingerprint density at radius 3 is 2.50 bits per heavy atom. The van der Waals surface area contributed by atoms with Crippen molar-refractivity contribution in [3.63, 3.8) is 0 Å². The van der Waals surface area contributed by atoms with Gasteiger partial charge in [0, 0.05) is 18.4 Å². The van der Waals surface area contributed by atoms with Crippen LogP contribution in [-0.2, 0) is 11.2 Å². The molecule has 36 heavy (non-hydrogen) atoms. The van der Waals surface area contributed by atoms with Gasteiger partial charge in [-0.2, -0.15) is 0 Å². The number of carbonyl (C=O) groups is 1. The summed E-state index contributed by atoms with van der Waals surface area (Å²) in [7, 11) is 0. The van der Waals surface area contributed by atoms with E-state index in [-0.39, 0.29) is 29.5 Å². The Balaban J connectivity index is 0.00000304. The second kappa shape index (κ2) is 10.9. The van der Waals surface area contributed by atoms with E-state index in [1.807, 2.05) is 0 Å². The number of aromatic hydroxyl groups is 1. The SMILES string of the molecule is CCN(CC)CCOc1ccc([C@H]2C[C@]3(C)C(=O)CC[C@H]3[C@@H]3CCc4c(ccc(O)c4Cl)[C@H]32)cc1.Cl. The van der Waals surface area contributed by atoms with E-state index in [0.29, 0.717) is 41.6 Å². The summed E-state index contributed by atoms with van der Waals surface area (Å²) in [6.45, 7) is 10.2. The van der Waals surface area contributed by atoms with Crippen molar-refractivity contribution in [2.24, 2.45) is 17.3 Å². The van der Waals surface area contributed by atoms with Gasteiger partial charge in [-0.05, 0) is 97.3 Å². The molecule has 6 heteroatoms. The standard InChI is InChI=1S/C30H38ClNO3.ClH/c1-4-32(5-2)16-17-35-20-8-6-19(7-9-20)24-18-30(3)25(13-15-27(30)34)23-11-10-22-21(28(23)24)12-14-26(33)29(22)31;/h6-9,12,14,23-25,28,33H,4-5,10-11,13,15-18H2,1-3H3;1H/t23-,24+,25-,28+,30-;/m0./s1. The molecule has 0 spiro atoms. The monoisotopic (exact) mass is 531 g/mol. The summed E-state index contributed by atoms with van der Waals surface area (Å²) in [4.78, 5) is 15.5. The third-order valence-corrected chi connectivity index (χ3v) is 9.84. The summed E-state index contributed by atoms with van der Waals surface area (Å²) in [6.07, 6.45) is 4.48. The number of hydrogen-bond acceptors (Lipinski definition) is 4. The van der Waals surface area contributed by atoms with Crippen LogP contribution in [0.5, 0.6) is 11.5 Å². The van der Waals surface area contributed by atoms with E-state index in [2.05, 4.69) is 56.0 Å². The minimum absolute atomic E-state index is 0. The molecule has 5 atom stereocenters. The molecule has 0 unspecified atom stereocenters. The molecule has 0 radical (unpaired) electrons. The lowest BCUT2D eigenvalue weighted by Gasteiger charge is -2.52. The van der Waals surface area contributed by atoms with E-state index in [1.165, 1.54) is 11.1 Å². The predicted molar refractivity (Wildman–Crippen MR) is 148 cm³/mol. The van der Waals surface area contributed by atoms with Crippen molar-refractivity contribution >= 4 is 29.8 Å². The number of likely N-dealkylation sites (N-methyl/N-ethyl adjacent to an activating group) is 1. The second-order valence-electron chi connectivity index (χ2n) is 10.9. The average molecular weight is 533 g/mol. The number of halogens is 2. The Bertz CT molecular complexity index is 1080. The minimum atomic E-state index is -0.247. The molecule has 2 aromatic rings. The Morgan fingerprint density at radius 2 is 1.81 bits per heavy atom. The molecule has 196 valence electrons. The van der Waals surface area contributed by atoms with E-state index >= 15 is 0 Å². The van der Waals surface area contributed by atoms with Crippen LogP contribution < -0.4 is 4.74 Å². The van der Waals surface area contributed by atoms with Crippen molar-refractivity contribution in [1.82, 2.24) is 4.90 Å². The van der Waals surface area contributed by atoms with Gasteiger partial charge in [-0.1, -0.05) is 50.6 Å². The number of fused-ring (bicyclic) bond motifs is 5. The van der Waals surface area contributed by atoms with Crippen LogP contribution in [0.3, 0.4) is 0 Å². The Kier molecular flexibility index (Phi) is 8.29. The molecule has 0 heterocycles. The number of carbonyl (C=O) groups excluding carboxylic acids is 1. The number of Topliss-reactive ketones (excluding diaryl/α,β-unsaturated/α-hetero) is 1. The van der Waals surface area contributed by atoms with Crippen molar-refractivity contribution in [3.05, 3.63) is 58.1 Å². The fourth-order valence-corrected chi connectivity index (χ4v) is 7.75. The molecule has 2 saturated carbocycles. The van der Waals surface area contributed by atoms with Crippen molar-refractivity contribution in [3.8, 4) is 11.5 Å².